The number of fused-ring (bicyclic) bond motifs is 3. The van der Waals surface area contributed by atoms with E-state index in [0.29, 0.717) is 17.8 Å². The van der Waals surface area contributed by atoms with Crippen molar-refractivity contribution in [2.24, 2.45) is 0 Å². The van der Waals surface area contributed by atoms with E-state index in [1.165, 1.54) is 46.5 Å². The Balaban J connectivity index is 0.000000182. The SMILES string of the molecule is CCN1C=CN(c2cc(-c3c(C(C)C)cc(C(C)C)cc3C(C)C)cc(-c3[c-]cc(F)cc3)n2)[CH-]1.Fc1c[c-]c(-c2cc(-c3ccc4c(c3)oc3ccccc34)cc(-c3[c-]cccc3)n2)cc1.[Ir]. The number of furan rings is 1. The summed E-state index contributed by atoms with van der Waals surface area (Å²) in [6, 6.07) is 53.5. The summed E-state index contributed by atoms with van der Waals surface area (Å²) in [7, 11) is 0. The number of hydrogen-bond donors (Lipinski definition) is 0. The van der Waals surface area contributed by atoms with Gasteiger partial charge in [0.2, 0.25) is 0 Å². The molecule has 3 aromatic heterocycles. The Labute approximate surface area is 412 Å². The van der Waals surface area contributed by atoms with Crippen molar-refractivity contribution in [2.75, 3.05) is 11.4 Å². The molecule has 0 atom stereocenters. The summed E-state index contributed by atoms with van der Waals surface area (Å²) in [5.41, 5.74) is 14.9. The van der Waals surface area contributed by atoms with Gasteiger partial charge in [-0.15, -0.1) is 102 Å². The first-order valence-corrected chi connectivity index (χ1v) is 23.0. The maximum absolute atomic E-state index is 13.7. The fourth-order valence-electron chi connectivity index (χ4n) is 8.50. The van der Waals surface area contributed by atoms with Crippen molar-refractivity contribution in [3.63, 3.8) is 0 Å². The van der Waals surface area contributed by atoms with E-state index in [9.17, 15) is 8.78 Å². The number of para-hydroxylation sites is 1. The van der Waals surface area contributed by atoms with Crippen LogP contribution in [0.15, 0.2) is 156 Å². The number of halogens is 2. The molecular weight excluding hydrogens is 1020 g/mol. The Hall–Kier alpha value is -6.73. The molecule has 1 radical (unpaired) electrons. The van der Waals surface area contributed by atoms with Crippen LogP contribution in [-0.4, -0.2) is 21.4 Å². The van der Waals surface area contributed by atoms with Gasteiger partial charge in [0.15, 0.2) is 0 Å². The average Bonchev–Trinajstić information content (AvgIpc) is 3.99. The minimum absolute atomic E-state index is 0. The quantitative estimate of drug-likeness (QED) is 0.128. The van der Waals surface area contributed by atoms with Crippen molar-refractivity contribution in [3.8, 4) is 56.0 Å². The maximum Gasteiger partial charge on any atom is 0.136 e. The van der Waals surface area contributed by atoms with Gasteiger partial charge in [-0.25, -0.2) is 0 Å². The van der Waals surface area contributed by atoms with Crippen molar-refractivity contribution in [3.05, 3.63) is 205 Å². The molecule has 0 unspecified atom stereocenters. The number of pyridine rings is 2. The van der Waals surface area contributed by atoms with E-state index in [0.717, 1.165) is 84.8 Å². The molecule has 6 aromatic carbocycles. The van der Waals surface area contributed by atoms with Gasteiger partial charge in [-0.1, -0.05) is 103 Å². The number of aromatic nitrogens is 2. The second-order valence-electron chi connectivity index (χ2n) is 17.8. The number of benzene rings is 6. The van der Waals surface area contributed by atoms with Crippen LogP contribution in [-0.2, 0) is 20.1 Å². The average molecular weight is 1080 g/mol. The zero-order valence-corrected chi connectivity index (χ0v) is 41.6. The Morgan fingerprint density at radius 3 is 1.75 bits per heavy atom. The molecule has 0 aliphatic carbocycles. The topological polar surface area (TPSA) is 45.4 Å². The van der Waals surface area contributed by atoms with E-state index in [-0.39, 0.29) is 31.7 Å². The minimum atomic E-state index is -0.322. The largest absolute Gasteiger partial charge is 0.508 e. The van der Waals surface area contributed by atoms with Gasteiger partial charge < -0.3 is 19.2 Å². The molecule has 345 valence electrons. The van der Waals surface area contributed by atoms with Crippen LogP contribution >= 0.6 is 0 Å². The summed E-state index contributed by atoms with van der Waals surface area (Å²) in [4.78, 5) is 14.0. The Morgan fingerprint density at radius 1 is 0.574 bits per heavy atom. The van der Waals surface area contributed by atoms with Gasteiger partial charge in [0.1, 0.15) is 11.2 Å². The summed E-state index contributed by atoms with van der Waals surface area (Å²) < 4.78 is 33.2. The molecule has 5 nitrogen and oxygen atoms in total. The van der Waals surface area contributed by atoms with Gasteiger partial charge in [-0.2, -0.15) is 0 Å². The van der Waals surface area contributed by atoms with Crippen LogP contribution in [0.1, 0.15) is 82.9 Å². The molecule has 8 heteroatoms. The molecule has 0 amide bonds. The standard InChI is InChI=1S/C31H36FN3.C29H16FNO.Ir/c1-8-34-13-14-35(19-34)30-18-25(17-29(33-30)23-9-11-26(32)12-10-23)31-27(21(4)5)15-24(20(2)3)16-28(31)22(6)7;30-23-13-10-20(11-14-23)27-17-22(16-26(31-27)19-6-2-1-3-7-19)21-12-15-25-24-8-4-5-9-28(24)32-29(25)18-21;/h9,11-22H,8H2,1-7H3;1-6,8-10,12-18H;/q2*-2;. The first-order valence-electron chi connectivity index (χ1n) is 23.0. The summed E-state index contributed by atoms with van der Waals surface area (Å²) in [5.74, 6) is 1.41. The zero-order valence-electron chi connectivity index (χ0n) is 39.2. The third-order valence-corrected chi connectivity index (χ3v) is 12.2. The predicted molar refractivity (Wildman–Crippen MR) is 270 cm³/mol. The smallest absolute Gasteiger partial charge is 0.136 e. The molecule has 0 saturated carbocycles. The minimum Gasteiger partial charge on any atom is -0.508 e. The van der Waals surface area contributed by atoms with E-state index in [1.807, 2.05) is 65.7 Å². The normalized spacial score (nSPS) is 12.4. The maximum atomic E-state index is 13.7. The molecule has 0 fully saturated rings. The fraction of sp³-hybridized carbons (Fsp3) is 0.183. The van der Waals surface area contributed by atoms with Crippen molar-refractivity contribution in [1.82, 2.24) is 14.9 Å². The third kappa shape index (κ3) is 10.2. The van der Waals surface area contributed by atoms with E-state index in [1.54, 1.807) is 12.1 Å². The first-order chi connectivity index (χ1) is 32.4. The predicted octanol–water partition coefficient (Wildman–Crippen LogP) is 16.2. The summed E-state index contributed by atoms with van der Waals surface area (Å²) in [6.45, 7) is 18.6. The molecule has 0 N–H and O–H groups in total. The number of nitrogens with zero attached hydrogens (tertiary/aromatic N) is 4. The van der Waals surface area contributed by atoms with Crippen LogP contribution in [0.25, 0.3) is 78.0 Å². The zero-order chi connectivity index (χ0) is 46.8. The van der Waals surface area contributed by atoms with E-state index in [4.69, 9.17) is 14.4 Å². The van der Waals surface area contributed by atoms with Crippen LogP contribution < -0.4 is 4.90 Å². The number of anilines is 1. The van der Waals surface area contributed by atoms with Crippen molar-refractivity contribution >= 4 is 27.8 Å². The molecule has 9 aromatic rings. The summed E-state index contributed by atoms with van der Waals surface area (Å²) >= 11 is 0. The Kier molecular flexibility index (Phi) is 14.5. The van der Waals surface area contributed by atoms with E-state index >= 15 is 0 Å². The van der Waals surface area contributed by atoms with Gasteiger partial charge in [-0.05, 0) is 117 Å². The van der Waals surface area contributed by atoms with Crippen LogP contribution in [0.3, 0.4) is 0 Å². The number of rotatable bonds is 10. The van der Waals surface area contributed by atoms with Crippen molar-refractivity contribution in [2.45, 2.75) is 66.2 Å². The van der Waals surface area contributed by atoms with Gasteiger partial charge in [0.05, 0.1) is 5.82 Å². The molecule has 0 saturated heterocycles. The first kappa shape index (κ1) is 47.8. The second kappa shape index (κ2) is 20.6. The van der Waals surface area contributed by atoms with Crippen molar-refractivity contribution < 1.29 is 33.3 Å². The molecule has 68 heavy (non-hydrogen) atoms. The summed E-state index contributed by atoms with van der Waals surface area (Å²) in [5, 5.41) is 2.19. The van der Waals surface area contributed by atoms with Crippen LogP contribution in [0.2, 0.25) is 0 Å². The molecule has 4 heterocycles. The molecule has 0 spiro atoms. The summed E-state index contributed by atoms with van der Waals surface area (Å²) in [6.07, 6.45) is 4.08. The molecule has 10 rings (SSSR count). The molecule has 1 aliphatic heterocycles. The van der Waals surface area contributed by atoms with Crippen LogP contribution in [0, 0.1) is 36.5 Å². The molecule has 1 aliphatic rings. The van der Waals surface area contributed by atoms with Crippen molar-refractivity contribution in [1.29, 1.82) is 0 Å². The van der Waals surface area contributed by atoms with Crippen LogP contribution in [0.4, 0.5) is 14.6 Å². The third-order valence-electron chi connectivity index (χ3n) is 12.2. The molecule has 0 bridgehead atoms. The van der Waals surface area contributed by atoms with Crippen LogP contribution in [0.5, 0.6) is 0 Å². The molecular formula is C60H52F2IrN4O-4. The van der Waals surface area contributed by atoms with Gasteiger partial charge in [0, 0.05) is 42.5 Å². The Bertz CT molecular complexity index is 3190. The van der Waals surface area contributed by atoms with Gasteiger partial charge in [0.25, 0.3) is 0 Å². The Morgan fingerprint density at radius 2 is 1.18 bits per heavy atom. The van der Waals surface area contributed by atoms with E-state index < -0.39 is 0 Å². The fourth-order valence-corrected chi connectivity index (χ4v) is 8.50. The monoisotopic (exact) mass is 1080 g/mol. The van der Waals surface area contributed by atoms with E-state index in [2.05, 4.69) is 133 Å². The second-order valence-corrected chi connectivity index (χ2v) is 17.8. The van der Waals surface area contributed by atoms with Gasteiger partial charge >= 0.3 is 0 Å². The number of hydrogen-bond acceptors (Lipinski definition) is 5. The van der Waals surface area contributed by atoms with Gasteiger partial charge in [-0.3, -0.25) is 13.8 Å².